The highest BCUT2D eigenvalue weighted by Gasteiger charge is 2.10. The van der Waals surface area contributed by atoms with Gasteiger partial charge in [0.2, 0.25) is 0 Å². The number of hydrogen-bond acceptors (Lipinski definition) is 7. The molecule has 0 atom stereocenters. The van der Waals surface area contributed by atoms with Crippen molar-refractivity contribution >= 4 is 23.0 Å². The van der Waals surface area contributed by atoms with E-state index in [0.29, 0.717) is 23.2 Å². The summed E-state index contributed by atoms with van der Waals surface area (Å²) < 4.78 is 16.1. The molecule has 0 aliphatic carbocycles. The van der Waals surface area contributed by atoms with Gasteiger partial charge in [-0.1, -0.05) is 6.07 Å². The van der Waals surface area contributed by atoms with Gasteiger partial charge in [-0.05, 0) is 43.7 Å². The minimum atomic E-state index is 0.631. The topological polar surface area (TPSA) is 77.5 Å². The number of rotatable bonds is 7. The Labute approximate surface area is 164 Å². The molecule has 0 saturated carbocycles. The van der Waals surface area contributed by atoms with E-state index in [-0.39, 0.29) is 0 Å². The van der Waals surface area contributed by atoms with Crippen LogP contribution in [0.4, 0.5) is 23.0 Å². The fourth-order valence-electron chi connectivity index (χ4n) is 2.79. The fourth-order valence-corrected chi connectivity index (χ4v) is 2.79. The van der Waals surface area contributed by atoms with Gasteiger partial charge in [-0.2, -0.15) is 0 Å². The van der Waals surface area contributed by atoms with Crippen LogP contribution in [-0.2, 0) is 0 Å². The third kappa shape index (κ3) is 4.43. The number of aromatic nitrogens is 2. The molecule has 146 valence electrons. The van der Waals surface area contributed by atoms with Crippen LogP contribution in [0.15, 0.2) is 42.5 Å². The summed E-state index contributed by atoms with van der Waals surface area (Å²) in [4.78, 5) is 8.95. The molecule has 0 aliphatic heterocycles. The number of ether oxygens (including phenoxy) is 3. The standard InChI is InChI=1S/C21H24N4O3/c1-13-6-9-18(27-4)17(10-13)25-21-12-20(22-14(2)23-21)24-16-8-7-15(26-3)11-19(16)28-5/h6-12H,1-5H3,(H2,22,23,24,25). The second-order valence-corrected chi connectivity index (χ2v) is 6.21. The lowest BCUT2D eigenvalue weighted by Crippen LogP contribution is -2.03. The SMILES string of the molecule is COc1ccc(Nc2cc(Nc3cc(C)ccc3OC)nc(C)n2)c(OC)c1. The van der Waals surface area contributed by atoms with E-state index in [9.17, 15) is 0 Å². The number of nitrogens with zero attached hydrogens (tertiary/aromatic N) is 2. The molecule has 7 heteroatoms. The van der Waals surface area contributed by atoms with Crippen molar-refractivity contribution in [2.24, 2.45) is 0 Å². The summed E-state index contributed by atoms with van der Waals surface area (Å²) in [7, 11) is 4.87. The molecule has 1 heterocycles. The quantitative estimate of drug-likeness (QED) is 0.620. The van der Waals surface area contributed by atoms with E-state index in [1.54, 1.807) is 21.3 Å². The Balaban J connectivity index is 1.89. The van der Waals surface area contributed by atoms with Gasteiger partial charge in [0.1, 0.15) is 34.7 Å². The van der Waals surface area contributed by atoms with Crippen molar-refractivity contribution < 1.29 is 14.2 Å². The molecule has 2 aromatic carbocycles. The number of benzene rings is 2. The first-order valence-electron chi connectivity index (χ1n) is 8.78. The first-order valence-corrected chi connectivity index (χ1v) is 8.78. The van der Waals surface area contributed by atoms with Crippen molar-refractivity contribution in [2.45, 2.75) is 13.8 Å². The number of aryl methyl sites for hydroxylation is 2. The molecule has 0 unspecified atom stereocenters. The molecular weight excluding hydrogens is 356 g/mol. The molecule has 3 rings (SSSR count). The van der Waals surface area contributed by atoms with Crippen LogP contribution in [0, 0.1) is 13.8 Å². The Hall–Kier alpha value is -3.48. The van der Waals surface area contributed by atoms with Gasteiger partial charge in [0.15, 0.2) is 0 Å². The molecule has 28 heavy (non-hydrogen) atoms. The van der Waals surface area contributed by atoms with E-state index >= 15 is 0 Å². The van der Waals surface area contributed by atoms with Crippen LogP contribution in [0.5, 0.6) is 17.2 Å². The average molecular weight is 380 g/mol. The number of anilines is 4. The average Bonchev–Trinajstić information content (AvgIpc) is 2.68. The largest absolute Gasteiger partial charge is 0.497 e. The number of nitrogens with one attached hydrogen (secondary N) is 2. The van der Waals surface area contributed by atoms with Gasteiger partial charge in [-0.25, -0.2) is 9.97 Å². The normalized spacial score (nSPS) is 10.3. The lowest BCUT2D eigenvalue weighted by Gasteiger charge is -2.15. The highest BCUT2D eigenvalue weighted by Crippen LogP contribution is 2.32. The third-order valence-electron chi connectivity index (χ3n) is 4.13. The lowest BCUT2D eigenvalue weighted by atomic mass is 10.2. The molecule has 0 aliphatic rings. The molecule has 2 N–H and O–H groups in total. The van der Waals surface area contributed by atoms with Gasteiger partial charge < -0.3 is 24.8 Å². The lowest BCUT2D eigenvalue weighted by molar-refractivity contribution is 0.395. The highest BCUT2D eigenvalue weighted by molar-refractivity contribution is 5.70. The summed E-state index contributed by atoms with van der Waals surface area (Å²) in [5, 5.41) is 6.59. The third-order valence-corrected chi connectivity index (χ3v) is 4.13. The Bertz CT molecular complexity index is 976. The van der Waals surface area contributed by atoms with Crippen molar-refractivity contribution in [1.29, 1.82) is 0 Å². The Morgan fingerprint density at radius 2 is 1.36 bits per heavy atom. The van der Waals surface area contributed by atoms with Crippen molar-refractivity contribution in [3.05, 3.63) is 53.9 Å². The van der Waals surface area contributed by atoms with Crippen LogP contribution in [0.3, 0.4) is 0 Å². The van der Waals surface area contributed by atoms with E-state index < -0.39 is 0 Å². The van der Waals surface area contributed by atoms with E-state index in [0.717, 1.165) is 28.4 Å². The van der Waals surface area contributed by atoms with E-state index in [1.807, 2.05) is 56.3 Å². The summed E-state index contributed by atoms with van der Waals surface area (Å²) in [6.45, 7) is 3.87. The van der Waals surface area contributed by atoms with Crippen molar-refractivity contribution in [3.8, 4) is 17.2 Å². The van der Waals surface area contributed by atoms with Gasteiger partial charge in [-0.15, -0.1) is 0 Å². The first-order chi connectivity index (χ1) is 13.5. The predicted molar refractivity (Wildman–Crippen MR) is 111 cm³/mol. The second-order valence-electron chi connectivity index (χ2n) is 6.21. The summed E-state index contributed by atoms with van der Waals surface area (Å²) in [5.74, 6) is 4.05. The Kier molecular flexibility index (Phi) is 5.84. The zero-order valence-electron chi connectivity index (χ0n) is 16.7. The molecule has 1 aromatic heterocycles. The van der Waals surface area contributed by atoms with Gasteiger partial charge in [0.25, 0.3) is 0 Å². The van der Waals surface area contributed by atoms with Gasteiger partial charge >= 0.3 is 0 Å². The number of hydrogen-bond donors (Lipinski definition) is 2. The molecule has 0 amide bonds. The minimum Gasteiger partial charge on any atom is -0.497 e. The zero-order chi connectivity index (χ0) is 20.1. The van der Waals surface area contributed by atoms with Gasteiger partial charge in [0.05, 0.1) is 32.7 Å². The Morgan fingerprint density at radius 1 is 0.679 bits per heavy atom. The van der Waals surface area contributed by atoms with Crippen molar-refractivity contribution in [3.63, 3.8) is 0 Å². The van der Waals surface area contributed by atoms with Crippen molar-refractivity contribution in [2.75, 3.05) is 32.0 Å². The van der Waals surface area contributed by atoms with Gasteiger partial charge in [-0.3, -0.25) is 0 Å². The molecule has 7 nitrogen and oxygen atoms in total. The van der Waals surface area contributed by atoms with Crippen LogP contribution >= 0.6 is 0 Å². The van der Waals surface area contributed by atoms with Crippen LogP contribution in [0.2, 0.25) is 0 Å². The molecule has 0 spiro atoms. The summed E-state index contributed by atoms with van der Waals surface area (Å²) in [6.07, 6.45) is 0. The molecule has 0 fully saturated rings. The van der Waals surface area contributed by atoms with E-state index in [1.165, 1.54) is 0 Å². The fraction of sp³-hybridized carbons (Fsp3) is 0.238. The van der Waals surface area contributed by atoms with E-state index in [4.69, 9.17) is 14.2 Å². The molecule has 0 saturated heterocycles. The molecule has 0 radical (unpaired) electrons. The maximum Gasteiger partial charge on any atom is 0.146 e. The maximum absolute atomic E-state index is 5.44. The van der Waals surface area contributed by atoms with Crippen LogP contribution in [0.1, 0.15) is 11.4 Å². The minimum absolute atomic E-state index is 0.631. The smallest absolute Gasteiger partial charge is 0.146 e. The maximum atomic E-state index is 5.44. The first kappa shape index (κ1) is 19.3. The molecule has 3 aromatic rings. The second kappa shape index (κ2) is 8.47. The zero-order valence-corrected chi connectivity index (χ0v) is 16.7. The van der Waals surface area contributed by atoms with E-state index in [2.05, 4.69) is 20.6 Å². The monoisotopic (exact) mass is 380 g/mol. The highest BCUT2D eigenvalue weighted by atomic mass is 16.5. The summed E-state index contributed by atoms with van der Waals surface area (Å²) >= 11 is 0. The van der Waals surface area contributed by atoms with Crippen LogP contribution < -0.4 is 24.8 Å². The van der Waals surface area contributed by atoms with Gasteiger partial charge in [0, 0.05) is 12.1 Å². The Morgan fingerprint density at radius 3 is 2.00 bits per heavy atom. The summed E-state index contributed by atoms with van der Waals surface area (Å²) in [6, 6.07) is 13.3. The van der Waals surface area contributed by atoms with Crippen LogP contribution in [-0.4, -0.2) is 31.3 Å². The molecule has 0 bridgehead atoms. The van der Waals surface area contributed by atoms with Crippen molar-refractivity contribution in [1.82, 2.24) is 9.97 Å². The number of methoxy groups -OCH3 is 3. The predicted octanol–water partition coefficient (Wildman–Crippen LogP) is 4.61. The van der Waals surface area contributed by atoms with Crippen LogP contribution in [0.25, 0.3) is 0 Å². The summed E-state index contributed by atoms with van der Waals surface area (Å²) in [5.41, 5.74) is 2.74. The molecular formula is C21H24N4O3.